The SMILES string of the molecule is C.C.C1CCOC1.COC(=O)c1ccc(C(=O)O)cc1[N+](=O)[O-].COC(=O)c1ccc(C(=O)OC)c([N+](=O)[O-])c1.COC(=O)c1ccc(CCl)cc1[N+](=O)[O-].COC(=O)c1ccc(CO)cc1[N+](=O)[O-].O=Cc1ccc(CCl)cc1[N+](=O)[O-].O=[N+]([O-])c1cc(CCl)ccc1CO.[Na+].[OH-]. The number of aldehydes is 1. The van der Waals surface area contributed by atoms with Gasteiger partial charge >= 0.3 is 65.4 Å². The number of aliphatic hydroxyl groups excluding tert-OH is 2. The molecule has 526 valence electrons. The molecule has 7 rings (SSSR count). The molecule has 1 aliphatic rings. The van der Waals surface area contributed by atoms with E-state index in [1.54, 1.807) is 18.2 Å². The molecule has 1 aliphatic heterocycles. The van der Waals surface area contributed by atoms with Crippen LogP contribution in [0.5, 0.6) is 0 Å². The number of aromatic carboxylic acids is 1. The number of methoxy groups -OCH3 is 5. The van der Waals surface area contributed by atoms with E-state index in [2.05, 4.69) is 23.7 Å². The molecular formula is C59H64Cl3N6NaO29. The molecule has 0 spiro atoms. The second-order valence-electron chi connectivity index (χ2n) is 17.5. The van der Waals surface area contributed by atoms with Gasteiger partial charge in [-0.1, -0.05) is 39.1 Å². The molecule has 0 unspecified atom stereocenters. The first-order valence-electron chi connectivity index (χ1n) is 25.8. The second kappa shape index (κ2) is 49.4. The van der Waals surface area contributed by atoms with Gasteiger partial charge in [0.2, 0.25) is 0 Å². The van der Waals surface area contributed by atoms with Gasteiger partial charge in [0.15, 0.2) is 6.29 Å². The van der Waals surface area contributed by atoms with Gasteiger partial charge in [0.25, 0.3) is 34.1 Å². The fraction of sp³-hybridized carbons (Fsp3) is 0.271. The maximum absolute atomic E-state index is 11.2. The van der Waals surface area contributed by atoms with Crippen LogP contribution in [-0.4, -0.2) is 141 Å². The van der Waals surface area contributed by atoms with Gasteiger partial charge in [0.1, 0.15) is 22.3 Å². The molecule has 1 fully saturated rings. The Kier molecular flexibility index (Phi) is 47.6. The summed E-state index contributed by atoms with van der Waals surface area (Å²) in [6.07, 6.45) is 3.01. The van der Waals surface area contributed by atoms with Crippen molar-refractivity contribution in [2.45, 2.75) is 58.5 Å². The van der Waals surface area contributed by atoms with Crippen LogP contribution < -0.4 is 29.6 Å². The van der Waals surface area contributed by atoms with Gasteiger partial charge in [-0.2, -0.15) is 0 Å². The van der Waals surface area contributed by atoms with E-state index < -0.39 is 76.7 Å². The predicted molar refractivity (Wildman–Crippen MR) is 344 cm³/mol. The maximum Gasteiger partial charge on any atom is 1.00 e. The number of nitro groups is 6. The predicted octanol–water partition coefficient (Wildman–Crippen LogP) is 8.11. The van der Waals surface area contributed by atoms with Crippen molar-refractivity contribution in [2.24, 2.45) is 0 Å². The molecule has 0 atom stereocenters. The van der Waals surface area contributed by atoms with Crippen molar-refractivity contribution in [1.82, 2.24) is 0 Å². The Hall–Kier alpha value is -10.1. The summed E-state index contributed by atoms with van der Waals surface area (Å²) in [7, 11) is 5.66. The second-order valence-corrected chi connectivity index (χ2v) is 18.3. The van der Waals surface area contributed by atoms with Gasteiger partial charge in [-0.3, -0.25) is 65.5 Å². The number of nitrogens with zero attached hydrogens (tertiary/aromatic N) is 6. The van der Waals surface area contributed by atoms with E-state index in [4.69, 9.17) is 54.9 Å². The number of carboxylic acid groups (broad SMARTS) is 1. The number of esters is 5. The fourth-order valence-electron chi connectivity index (χ4n) is 6.95. The average molecular weight is 1450 g/mol. The van der Waals surface area contributed by atoms with Crippen molar-refractivity contribution in [3.8, 4) is 0 Å². The van der Waals surface area contributed by atoms with E-state index in [9.17, 15) is 94.2 Å². The first-order valence-corrected chi connectivity index (χ1v) is 27.4. The van der Waals surface area contributed by atoms with Gasteiger partial charge in [0.05, 0.1) is 101 Å². The van der Waals surface area contributed by atoms with Crippen LogP contribution in [0.15, 0.2) is 109 Å². The summed E-state index contributed by atoms with van der Waals surface area (Å²) in [5, 5.41) is 89.8. The third-order valence-electron chi connectivity index (χ3n) is 11.6. The molecule has 39 heteroatoms. The van der Waals surface area contributed by atoms with Crippen LogP contribution in [0.25, 0.3) is 0 Å². The van der Waals surface area contributed by atoms with Crippen LogP contribution in [0.1, 0.15) is 128 Å². The third kappa shape index (κ3) is 30.3. The Bertz CT molecular complexity index is 3660. The minimum absolute atomic E-state index is 0. The summed E-state index contributed by atoms with van der Waals surface area (Å²) < 4.78 is 26.9. The summed E-state index contributed by atoms with van der Waals surface area (Å²) >= 11 is 16.5. The van der Waals surface area contributed by atoms with Gasteiger partial charge in [-0.25, -0.2) is 28.8 Å². The zero-order valence-electron chi connectivity index (χ0n) is 51.1. The van der Waals surface area contributed by atoms with E-state index in [1.807, 2.05) is 0 Å². The van der Waals surface area contributed by atoms with E-state index in [0.717, 1.165) is 78.1 Å². The molecule has 35 nitrogen and oxygen atoms in total. The van der Waals surface area contributed by atoms with E-state index in [1.165, 1.54) is 74.5 Å². The van der Waals surface area contributed by atoms with Crippen molar-refractivity contribution in [3.63, 3.8) is 0 Å². The van der Waals surface area contributed by atoms with Gasteiger partial charge in [-0.05, 0) is 83.6 Å². The van der Waals surface area contributed by atoms with Crippen molar-refractivity contribution < 1.29 is 142 Å². The Morgan fingerprint density at radius 3 is 1.04 bits per heavy atom. The number of aliphatic hydroxyl groups is 2. The number of halogens is 3. The molecule has 0 radical (unpaired) electrons. The van der Waals surface area contributed by atoms with Gasteiger partial charge in [-0.15, -0.1) is 34.8 Å². The quantitative estimate of drug-likeness (QED) is 0.0139. The molecule has 0 bridgehead atoms. The summed E-state index contributed by atoms with van der Waals surface area (Å²) in [5.41, 5.74) is -0.383. The Labute approximate surface area is 593 Å². The molecule has 0 saturated carbocycles. The Morgan fingerprint density at radius 1 is 0.439 bits per heavy atom. The number of hydrogen-bond acceptors (Lipinski definition) is 28. The van der Waals surface area contributed by atoms with Crippen molar-refractivity contribution >= 4 is 111 Å². The van der Waals surface area contributed by atoms with Crippen molar-refractivity contribution in [2.75, 3.05) is 48.8 Å². The Balaban J connectivity index is -0.000000529. The fourth-order valence-corrected chi connectivity index (χ4v) is 7.45. The van der Waals surface area contributed by atoms with Crippen LogP contribution in [0.3, 0.4) is 0 Å². The van der Waals surface area contributed by atoms with Crippen LogP contribution in [0, 0.1) is 60.7 Å². The number of rotatable bonds is 18. The van der Waals surface area contributed by atoms with Crippen LogP contribution in [-0.2, 0) is 59.3 Å². The van der Waals surface area contributed by atoms with E-state index >= 15 is 0 Å². The van der Waals surface area contributed by atoms with Crippen LogP contribution >= 0.6 is 34.8 Å². The van der Waals surface area contributed by atoms with Crippen molar-refractivity contribution in [3.05, 3.63) is 237 Å². The molecule has 6 aromatic carbocycles. The summed E-state index contributed by atoms with van der Waals surface area (Å²) in [6, 6.07) is 23.1. The summed E-state index contributed by atoms with van der Waals surface area (Å²) in [5.74, 6) is -4.68. The number of carboxylic acids is 1. The van der Waals surface area contributed by atoms with Crippen LogP contribution in [0.2, 0.25) is 0 Å². The van der Waals surface area contributed by atoms with Crippen molar-refractivity contribution in [1.29, 1.82) is 0 Å². The molecule has 0 amide bonds. The molecule has 4 N–H and O–H groups in total. The molecule has 6 aromatic rings. The average Bonchev–Trinajstić information content (AvgIpc) is 0.956. The largest absolute Gasteiger partial charge is 1.00 e. The zero-order valence-corrected chi connectivity index (χ0v) is 55.4. The standard InChI is InChI=1S/C10H9NO6.C9H8ClNO4.C9H7NO6.C9H9NO5.C8H8ClNO3.C8H6ClNO3.C4H8O.2CH4.Na.H2O/c1-16-9(12)6-3-4-7(10(13)17-2)8(5-6)11(14)15;1-15-9(12)7-3-2-6(5-10)4-8(7)11(13)14;1-16-9(13)6-3-2-5(8(11)12)4-7(6)10(14)15;1-15-9(12)7-3-2-6(5-11)4-8(7)10(13)14;2*9-4-6-1-2-7(5-11)8(3-6)10(12)13;1-2-4-5-3-1;;;;/h3-5H,1-2H3;2-4H,5H2,1H3;2-4H,1H3,(H,11,12);2-4,11H,5H2,1H3;1-3,11H,4-5H2;1-3,5H,4H2;1-4H2;2*1H4;;1H2/q;;;;;;;;;+1;/p-1. The minimum Gasteiger partial charge on any atom is -0.870 e. The number of carbonyl (C=O) groups is 7. The first-order chi connectivity index (χ1) is 44.5. The van der Waals surface area contributed by atoms with Gasteiger partial charge < -0.3 is 49.2 Å². The van der Waals surface area contributed by atoms with E-state index in [-0.39, 0.29) is 142 Å². The van der Waals surface area contributed by atoms with E-state index in [0.29, 0.717) is 34.1 Å². The van der Waals surface area contributed by atoms with Crippen LogP contribution in [0.4, 0.5) is 34.1 Å². The summed E-state index contributed by atoms with van der Waals surface area (Å²) in [4.78, 5) is 136. The molecule has 0 aliphatic carbocycles. The normalized spacial score (nSPS) is 10.0. The molecule has 1 heterocycles. The number of alkyl halides is 3. The maximum atomic E-state index is 11.2. The van der Waals surface area contributed by atoms with Gasteiger partial charge in [0, 0.05) is 67.3 Å². The topological polar surface area (TPSA) is 524 Å². The number of carbonyl (C=O) groups excluding carboxylic acids is 6. The third-order valence-corrected chi connectivity index (χ3v) is 12.5. The molecule has 0 aromatic heterocycles. The molecule has 98 heavy (non-hydrogen) atoms. The zero-order chi connectivity index (χ0) is 71.4. The minimum atomic E-state index is -1.31. The number of benzene rings is 6. The molecule has 1 saturated heterocycles. The number of nitro benzene ring substituents is 6. The smallest absolute Gasteiger partial charge is 0.870 e. The summed E-state index contributed by atoms with van der Waals surface area (Å²) in [6.45, 7) is 1.35. The monoisotopic (exact) mass is 1450 g/mol. The Morgan fingerprint density at radius 2 is 0.735 bits per heavy atom. The first kappa shape index (κ1) is 94.3. The molecular weight excluding hydrogens is 1390 g/mol. The number of ether oxygens (including phenoxy) is 6. The number of hydrogen-bond donors (Lipinski definition) is 3.